The maximum Gasteiger partial charge on any atom is 0.259 e. The van der Waals surface area contributed by atoms with E-state index in [1.165, 1.54) is 23.5 Å². The van der Waals surface area contributed by atoms with Gasteiger partial charge >= 0.3 is 0 Å². The number of rotatable bonds is 3. The molecule has 1 heterocycles. The number of thiazole rings is 1. The lowest BCUT2D eigenvalue weighted by atomic mass is 10.2. The van der Waals surface area contributed by atoms with Crippen molar-refractivity contribution in [3.63, 3.8) is 0 Å². The second kappa shape index (κ2) is 6.33. The Morgan fingerprint density at radius 3 is 2.67 bits per heavy atom. The lowest BCUT2D eigenvalue weighted by molar-refractivity contribution is 0.102. The fraction of sp³-hybridized carbons (Fsp3) is 0.0667. The highest BCUT2D eigenvalue weighted by atomic mass is 35.5. The number of nitrogens with zero attached hydrogens (tertiary/aromatic N) is 1. The van der Waals surface area contributed by atoms with Gasteiger partial charge in [-0.25, -0.2) is 13.4 Å². The van der Waals surface area contributed by atoms with Gasteiger partial charge in [0.2, 0.25) is 0 Å². The van der Waals surface area contributed by atoms with Crippen LogP contribution in [0.5, 0.6) is 0 Å². The van der Waals surface area contributed by atoms with Gasteiger partial charge in [-0.2, -0.15) is 0 Å². The van der Waals surface area contributed by atoms with Gasteiger partial charge in [0, 0.05) is 6.26 Å². The Balaban J connectivity index is 1.93. The molecule has 5 nitrogen and oxygen atoms in total. The summed E-state index contributed by atoms with van der Waals surface area (Å²) < 4.78 is 23.9. The molecule has 0 aliphatic carbocycles. The number of fused-ring (bicyclic) bond motifs is 1. The summed E-state index contributed by atoms with van der Waals surface area (Å²) in [6, 6.07) is 9.38. The molecule has 3 rings (SSSR count). The smallest absolute Gasteiger partial charge is 0.259 e. The third kappa shape index (κ3) is 3.39. The van der Waals surface area contributed by atoms with Crippen LogP contribution in [0.2, 0.25) is 10.0 Å². The first kappa shape index (κ1) is 17.2. The first-order valence-corrected chi connectivity index (χ1v) is 10.1. The summed E-state index contributed by atoms with van der Waals surface area (Å²) in [5.41, 5.74) is 0.833. The largest absolute Gasteiger partial charge is 0.298 e. The zero-order valence-corrected chi connectivity index (χ0v) is 15.4. The molecule has 9 heteroatoms. The molecule has 0 radical (unpaired) electrons. The molecule has 124 valence electrons. The normalized spacial score (nSPS) is 11.6. The van der Waals surface area contributed by atoms with Crippen LogP contribution in [0.4, 0.5) is 5.13 Å². The van der Waals surface area contributed by atoms with E-state index in [2.05, 4.69) is 10.3 Å². The number of nitrogens with one attached hydrogen (secondary N) is 1. The molecular formula is C15H10Cl2N2O3S2. The van der Waals surface area contributed by atoms with Crippen molar-refractivity contribution in [1.29, 1.82) is 0 Å². The first-order chi connectivity index (χ1) is 11.3. The molecule has 0 aliphatic heterocycles. The molecule has 1 N–H and O–H groups in total. The van der Waals surface area contributed by atoms with Crippen molar-refractivity contribution < 1.29 is 13.2 Å². The summed E-state index contributed by atoms with van der Waals surface area (Å²) in [5, 5.41) is 3.44. The Hall–Kier alpha value is -1.67. The maximum absolute atomic E-state index is 12.3. The molecule has 1 aromatic heterocycles. The lowest BCUT2D eigenvalue weighted by Gasteiger charge is -2.04. The molecule has 0 saturated carbocycles. The molecule has 1 amide bonds. The Kier molecular flexibility index (Phi) is 4.52. The number of carbonyl (C=O) groups excluding carboxylic acids is 1. The first-order valence-electron chi connectivity index (χ1n) is 6.62. The Morgan fingerprint density at radius 2 is 1.96 bits per heavy atom. The van der Waals surface area contributed by atoms with Crippen LogP contribution in [0.15, 0.2) is 41.3 Å². The highest BCUT2D eigenvalue weighted by Crippen LogP contribution is 2.30. The molecule has 3 aromatic rings. The van der Waals surface area contributed by atoms with Gasteiger partial charge in [-0.05, 0) is 30.3 Å². The summed E-state index contributed by atoms with van der Waals surface area (Å²) in [4.78, 5) is 16.8. The van der Waals surface area contributed by atoms with E-state index in [4.69, 9.17) is 23.2 Å². The van der Waals surface area contributed by atoms with Crippen molar-refractivity contribution in [3.8, 4) is 0 Å². The number of halogens is 2. The van der Waals surface area contributed by atoms with E-state index >= 15 is 0 Å². The van der Waals surface area contributed by atoms with Crippen LogP contribution in [0, 0.1) is 0 Å². The van der Waals surface area contributed by atoms with E-state index in [1.807, 2.05) is 0 Å². The monoisotopic (exact) mass is 400 g/mol. The van der Waals surface area contributed by atoms with Crippen LogP contribution in [0.3, 0.4) is 0 Å². The van der Waals surface area contributed by atoms with Gasteiger partial charge in [0.1, 0.15) is 0 Å². The highest BCUT2D eigenvalue weighted by molar-refractivity contribution is 7.90. The molecule has 0 atom stereocenters. The predicted molar refractivity (Wildman–Crippen MR) is 97.1 cm³/mol. The highest BCUT2D eigenvalue weighted by Gasteiger charge is 2.16. The third-order valence-electron chi connectivity index (χ3n) is 3.20. The summed E-state index contributed by atoms with van der Waals surface area (Å²) in [5.74, 6) is -0.440. The summed E-state index contributed by atoms with van der Waals surface area (Å²) in [6.07, 6.45) is 1.14. The third-order valence-corrected chi connectivity index (χ3v) is 6.07. The number of sulfone groups is 1. The number of amides is 1. The minimum Gasteiger partial charge on any atom is -0.298 e. The molecule has 24 heavy (non-hydrogen) atoms. The second-order valence-electron chi connectivity index (χ2n) is 4.98. The van der Waals surface area contributed by atoms with Crippen LogP contribution < -0.4 is 5.32 Å². The molecule has 0 spiro atoms. The summed E-state index contributed by atoms with van der Waals surface area (Å²) in [6.45, 7) is 0. The topological polar surface area (TPSA) is 76.1 Å². The fourth-order valence-electron chi connectivity index (χ4n) is 2.03. The zero-order chi connectivity index (χ0) is 17.5. The maximum atomic E-state index is 12.3. The lowest BCUT2D eigenvalue weighted by Crippen LogP contribution is -2.12. The summed E-state index contributed by atoms with van der Waals surface area (Å²) >= 11 is 13.1. The number of benzene rings is 2. The van der Waals surface area contributed by atoms with Crippen LogP contribution in [-0.2, 0) is 9.84 Å². The van der Waals surface area contributed by atoms with E-state index in [9.17, 15) is 13.2 Å². The van der Waals surface area contributed by atoms with Gasteiger partial charge in [0.25, 0.3) is 5.91 Å². The van der Waals surface area contributed by atoms with Gasteiger partial charge in [0.15, 0.2) is 15.0 Å². The molecule has 0 bridgehead atoms. The van der Waals surface area contributed by atoms with Gasteiger partial charge in [-0.15, -0.1) is 0 Å². The molecule has 2 aromatic carbocycles. The van der Waals surface area contributed by atoms with Crippen molar-refractivity contribution >= 4 is 65.6 Å². The van der Waals surface area contributed by atoms with Gasteiger partial charge in [-0.3, -0.25) is 10.1 Å². The van der Waals surface area contributed by atoms with Crippen molar-refractivity contribution in [2.45, 2.75) is 4.90 Å². The average Bonchev–Trinajstić information content (AvgIpc) is 2.90. The number of hydrogen-bond donors (Lipinski definition) is 1. The van der Waals surface area contributed by atoms with Crippen molar-refractivity contribution in [3.05, 3.63) is 52.0 Å². The number of hydrogen-bond acceptors (Lipinski definition) is 5. The van der Waals surface area contributed by atoms with Crippen molar-refractivity contribution in [1.82, 2.24) is 4.98 Å². The Morgan fingerprint density at radius 1 is 1.21 bits per heavy atom. The number of carbonyl (C=O) groups is 1. The average molecular weight is 401 g/mol. The molecule has 0 aliphatic rings. The molecule has 0 fully saturated rings. The van der Waals surface area contributed by atoms with E-state index in [-0.39, 0.29) is 20.5 Å². The molecule has 0 saturated heterocycles. The number of aromatic nitrogens is 1. The van der Waals surface area contributed by atoms with Crippen LogP contribution in [0.1, 0.15) is 10.4 Å². The van der Waals surface area contributed by atoms with E-state index in [0.29, 0.717) is 15.3 Å². The summed E-state index contributed by atoms with van der Waals surface area (Å²) in [7, 11) is -3.30. The van der Waals surface area contributed by atoms with E-state index < -0.39 is 15.7 Å². The predicted octanol–water partition coefficient (Wildman–Crippen LogP) is 4.26. The van der Waals surface area contributed by atoms with E-state index in [1.54, 1.807) is 24.3 Å². The minimum atomic E-state index is -3.30. The molecule has 0 unspecified atom stereocenters. The Labute approximate surface area is 152 Å². The van der Waals surface area contributed by atoms with Gasteiger partial charge in [0.05, 0.1) is 30.7 Å². The van der Waals surface area contributed by atoms with Gasteiger partial charge < -0.3 is 0 Å². The Bertz CT molecular complexity index is 1060. The van der Waals surface area contributed by atoms with Crippen LogP contribution in [-0.4, -0.2) is 25.6 Å². The molecular weight excluding hydrogens is 391 g/mol. The number of anilines is 1. The fourth-order valence-corrected chi connectivity index (χ4v) is 4.04. The minimum absolute atomic E-state index is 0.164. The van der Waals surface area contributed by atoms with E-state index in [0.717, 1.165) is 6.26 Å². The van der Waals surface area contributed by atoms with Crippen LogP contribution >= 0.6 is 34.5 Å². The second-order valence-corrected chi connectivity index (χ2v) is 8.81. The van der Waals surface area contributed by atoms with Crippen molar-refractivity contribution in [2.24, 2.45) is 0 Å². The van der Waals surface area contributed by atoms with Gasteiger partial charge in [-0.1, -0.05) is 40.6 Å². The SMILES string of the molecule is CS(=O)(=O)c1ccc2nc(NC(=O)c3cccc(Cl)c3Cl)sc2c1. The quantitative estimate of drug-likeness (QED) is 0.712. The van der Waals surface area contributed by atoms with Crippen LogP contribution in [0.25, 0.3) is 10.2 Å². The zero-order valence-electron chi connectivity index (χ0n) is 12.2. The standard InChI is InChI=1S/C15H10Cl2N2O3S2/c1-24(21,22)8-5-6-11-12(7-8)23-15(18-11)19-14(20)9-3-2-4-10(16)13(9)17/h2-7H,1H3,(H,18,19,20). The van der Waals surface area contributed by atoms with Crippen molar-refractivity contribution in [2.75, 3.05) is 11.6 Å².